The summed E-state index contributed by atoms with van der Waals surface area (Å²) in [6, 6.07) is 1.37. The third kappa shape index (κ3) is 1.89. The van der Waals surface area contributed by atoms with Gasteiger partial charge in [-0.05, 0) is 13.0 Å². The van der Waals surface area contributed by atoms with Crippen LogP contribution >= 0.6 is 0 Å². The molecular formula is C10H15N3O5. The first-order chi connectivity index (χ1) is 8.37. The largest absolute Gasteiger partial charge is 0.394 e. The van der Waals surface area contributed by atoms with Gasteiger partial charge in [0.05, 0.1) is 6.61 Å². The van der Waals surface area contributed by atoms with Crippen LogP contribution in [0.4, 0.5) is 5.82 Å². The minimum absolute atomic E-state index is 0.0502. The van der Waals surface area contributed by atoms with Crippen molar-refractivity contribution in [1.82, 2.24) is 9.55 Å². The summed E-state index contributed by atoms with van der Waals surface area (Å²) in [7, 11) is 0. The Hall–Kier alpha value is -1.48. The van der Waals surface area contributed by atoms with Gasteiger partial charge in [-0.1, -0.05) is 0 Å². The maximum absolute atomic E-state index is 11.6. The number of aromatic nitrogens is 2. The zero-order valence-electron chi connectivity index (χ0n) is 9.72. The number of nitrogens with two attached hydrogens (primary N) is 1. The summed E-state index contributed by atoms with van der Waals surface area (Å²) in [6.07, 6.45) is -2.15. The molecule has 8 heteroatoms. The van der Waals surface area contributed by atoms with Crippen LogP contribution in [-0.2, 0) is 4.74 Å². The predicted molar refractivity (Wildman–Crippen MR) is 60.5 cm³/mol. The Kier molecular flexibility index (Phi) is 3.11. The van der Waals surface area contributed by atoms with Crippen molar-refractivity contribution in [3.63, 3.8) is 0 Å². The summed E-state index contributed by atoms with van der Waals surface area (Å²) in [4.78, 5) is 15.1. The summed E-state index contributed by atoms with van der Waals surface area (Å²) in [5, 5.41) is 29.0. The molecule has 100 valence electrons. The molecule has 1 aromatic heterocycles. The van der Waals surface area contributed by atoms with Crippen molar-refractivity contribution in [2.24, 2.45) is 0 Å². The highest BCUT2D eigenvalue weighted by Crippen LogP contribution is 2.35. The number of ether oxygens (including phenoxy) is 1. The Balaban J connectivity index is 2.38. The van der Waals surface area contributed by atoms with Crippen molar-refractivity contribution < 1.29 is 20.1 Å². The minimum Gasteiger partial charge on any atom is -0.394 e. The van der Waals surface area contributed by atoms with Crippen LogP contribution in [0.1, 0.15) is 13.2 Å². The van der Waals surface area contributed by atoms with Crippen molar-refractivity contribution >= 4 is 5.82 Å². The Morgan fingerprint density at radius 3 is 2.83 bits per heavy atom. The molecule has 2 heterocycles. The fraction of sp³-hybridized carbons (Fsp3) is 0.600. The number of anilines is 1. The van der Waals surface area contributed by atoms with E-state index in [0.29, 0.717) is 0 Å². The van der Waals surface area contributed by atoms with E-state index in [1.54, 1.807) is 0 Å². The molecule has 18 heavy (non-hydrogen) atoms. The van der Waals surface area contributed by atoms with Crippen LogP contribution in [0.25, 0.3) is 0 Å². The molecule has 0 spiro atoms. The van der Waals surface area contributed by atoms with Crippen molar-refractivity contribution in [1.29, 1.82) is 0 Å². The summed E-state index contributed by atoms with van der Waals surface area (Å²) in [5.41, 5.74) is 3.00. The van der Waals surface area contributed by atoms with Gasteiger partial charge in [0.2, 0.25) is 0 Å². The molecule has 2 rings (SSSR count). The molecule has 0 amide bonds. The van der Waals surface area contributed by atoms with Gasteiger partial charge >= 0.3 is 5.69 Å². The maximum Gasteiger partial charge on any atom is 0.351 e. The lowest BCUT2D eigenvalue weighted by atomic mass is 9.95. The van der Waals surface area contributed by atoms with E-state index < -0.39 is 36.3 Å². The Morgan fingerprint density at radius 2 is 2.33 bits per heavy atom. The summed E-state index contributed by atoms with van der Waals surface area (Å²) in [6.45, 7) is 0.853. The molecular weight excluding hydrogens is 242 g/mol. The van der Waals surface area contributed by atoms with Gasteiger partial charge in [0.15, 0.2) is 6.23 Å². The second-order valence-corrected chi connectivity index (χ2v) is 4.41. The van der Waals surface area contributed by atoms with Gasteiger partial charge in [-0.2, -0.15) is 4.98 Å². The number of aliphatic hydroxyl groups excluding tert-OH is 2. The molecule has 5 N–H and O–H groups in total. The van der Waals surface area contributed by atoms with E-state index in [1.165, 1.54) is 19.2 Å². The topological polar surface area (TPSA) is 131 Å². The molecule has 0 aromatic carbocycles. The minimum atomic E-state index is -1.65. The van der Waals surface area contributed by atoms with Gasteiger partial charge in [0, 0.05) is 6.20 Å². The predicted octanol–water partition coefficient (Wildman–Crippen LogP) is -2.17. The number of hydrogen-bond acceptors (Lipinski definition) is 7. The van der Waals surface area contributed by atoms with Gasteiger partial charge in [-0.25, -0.2) is 4.79 Å². The van der Waals surface area contributed by atoms with Crippen molar-refractivity contribution in [3.05, 3.63) is 22.7 Å². The lowest BCUT2D eigenvalue weighted by molar-refractivity contribution is -0.0807. The van der Waals surface area contributed by atoms with Crippen LogP contribution in [0.3, 0.4) is 0 Å². The van der Waals surface area contributed by atoms with Crippen molar-refractivity contribution in [3.8, 4) is 0 Å². The molecule has 1 aromatic rings. The zero-order valence-corrected chi connectivity index (χ0v) is 9.72. The third-order valence-electron chi connectivity index (χ3n) is 3.12. The Morgan fingerprint density at radius 1 is 1.67 bits per heavy atom. The van der Waals surface area contributed by atoms with E-state index in [1.807, 2.05) is 0 Å². The smallest absolute Gasteiger partial charge is 0.351 e. The van der Waals surface area contributed by atoms with Crippen LogP contribution < -0.4 is 11.4 Å². The van der Waals surface area contributed by atoms with Gasteiger partial charge in [0.1, 0.15) is 23.6 Å². The average Bonchev–Trinajstić information content (AvgIpc) is 2.52. The van der Waals surface area contributed by atoms with E-state index in [0.717, 1.165) is 4.57 Å². The van der Waals surface area contributed by atoms with Crippen LogP contribution in [-0.4, -0.2) is 49.3 Å². The molecule has 0 bridgehead atoms. The lowest BCUT2D eigenvalue weighted by Gasteiger charge is -2.25. The van der Waals surface area contributed by atoms with E-state index in [9.17, 15) is 15.0 Å². The SMILES string of the molecule is CC1(O)C(CO)OC(n2ccc(N)nc2=O)C1O. The fourth-order valence-electron chi connectivity index (χ4n) is 1.92. The molecule has 1 aliphatic heterocycles. The fourth-order valence-corrected chi connectivity index (χ4v) is 1.92. The molecule has 8 nitrogen and oxygen atoms in total. The number of nitrogens with zero attached hydrogens (tertiary/aromatic N) is 2. The summed E-state index contributed by atoms with van der Waals surface area (Å²) >= 11 is 0. The first-order valence-electron chi connectivity index (χ1n) is 5.39. The van der Waals surface area contributed by atoms with Gasteiger partial charge in [0.25, 0.3) is 0 Å². The number of nitrogen functional groups attached to an aromatic ring is 1. The highest BCUT2D eigenvalue weighted by molar-refractivity contribution is 5.23. The molecule has 4 unspecified atom stereocenters. The lowest BCUT2D eigenvalue weighted by Crippen LogP contribution is -2.46. The Labute approximate surface area is 102 Å². The second-order valence-electron chi connectivity index (χ2n) is 4.41. The first-order valence-corrected chi connectivity index (χ1v) is 5.39. The standard InChI is InChI=1S/C10H15N3O5/c1-10(17)5(4-14)18-8(7(10)15)13-3-2-6(11)12-9(13)16/h2-3,5,7-8,14-15,17H,4H2,1H3,(H2,11,12,16). The number of hydrogen-bond donors (Lipinski definition) is 4. The highest BCUT2D eigenvalue weighted by Gasteiger charge is 2.52. The highest BCUT2D eigenvalue weighted by atomic mass is 16.6. The second kappa shape index (κ2) is 4.32. The van der Waals surface area contributed by atoms with Crippen LogP contribution in [0.15, 0.2) is 17.1 Å². The normalized spacial score (nSPS) is 35.9. The number of aliphatic hydroxyl groups is 3. The maximum atomic E-state index is 11.6. The summed E-state index contributed by atoms with van der Waals surface area (Å²) in [5.74, 6) is 0.0502. The quantitative estimate of drug-likeness (QED) is 0.474. The van der Waals surface area contributed by atoms with E-state index >= 15 is 0 Å². The van der Waals surface area contributed by atoms with Crippen molar-refractivity contribution in [2.75, 3.05) is 12.3 Å². The molecule has 0 radical (unpaired) electrons. The molecule has 1 fully saturated rings. The monoisotopic (exact) mass is 257 g/mol. The molecule has 0 aliphatic carbocycles. The number of rotatable bonds is 2. The van der Waals surface area contributed by atoms with Crippen LogP contribution in [0.2, 0.25) is 0 Å². The third-order valence-corrected chi connectivity index (χ3v) is 3.12. The molecule has 4 atom stereocenters. The van der Waals surface area contributed by atoms with E-state index in [2.05, 4.69) is 4.98 Å². The first kappa shape index (κ1) is 13.0. The molecule has 1 aliphatic rings. The van der Waals surface area contributed by atoms with Gasteiger partial charge in [-0.3, -0.25) is 4.57 Å². The summed E-state index contributed by atoms with van der Waals surface area (Å²) < 4.78 is 6.30. The van der Waals surface area contributed by atoms with Crippen LogP contribution in [0, 0.1) is 0 Å². The van der Waals surface area contributed by atoms with Crippen molar-refractivity contribution in [2.45, 2.75) is 31.0 Å². The molecule has 0 saturated carbocycles. The average molecular weight is 257 g/mol. The van der Waals surface area contributed by atoms with Crippen LogP contribution in [0.5, 0.6) is 0 Å². The molecule has 1 saturated heterocycles. The van der Waals surface area contributed by atoms with Gasteiger partial charge < -0.3 is 25.8 Å². The zero-order chi connectivity index (χ0) is 13.5. The Bertz CT molecular complexity index is 501. The van der Waals surface area contributed by atoms with E-state index in [4.69, 9.17) is 15.6 Å². The van der Waals surface area contributed by atoms with Gasteiger partial charge in [-0.15, -0.1) is 0 Å². The van der Waals surface area contributed by atoms with E-state index in [-0.39, 0.29) is 5.82 Å².